The van der Waals surface area contributed by atoms with Crippen LogP contribution in [0.2, 0.25) is 1.41 Å². The second-order valence-electron chi connectivity index (χ2n) is 15.4. The number of phenolic OH excluding ortho intramolecular Hbond substituents is 3. The monoisotopic (exact) mass is 993 g/mol. The van der Waals surface area contributed by atoms with E-state index < -0.39 is 101 Å². The van der Waals surface area contributed by atoms with Gasteiger partial charge in [-0.2, -0.15) is 0 Å². The van der Waals surface area contributed by atoms with E-state index in [-0.39, 0.29) is 65.7 Å². The number of hydrogen-bond donors (Lipinski definition) is 11. The van der Waals surface area contributed by atoms with E-state index in [0.29, 0.717) is 17.7 Å². The fourth-order valence-corrected chi connectivity index (χ4v) is 7.80. The number of benzene rings is 3. The Hall–Kier alpha value is -4.02. The molecule has 10 atom stereocenters. The first kappa shape index (κ1) is 58.3. The molecule has 3 unspecified atom stereocenters. The molecule has 3 aromatic carbocycles. The first-order chi connectivity index (χ1) is 32.2. The van der Waals surface area contributed by atoms with Gasteiger partial charge in [0.15, 0.2) is 41.4 Å². The predicted molar refractivity (Wildman–Crippen MR) is 235 cm³/mol. The molecule has 3 aromatic rings. The molecule has 0 radical (unpaired) electrons. The average Bonchev–Trinajstić information content (AvgIpc) is 3.29. The number of Topliss-reactive ketones (excluding diaryl/α,β-unsaturated/α-hetero) is 1. The van der Waals surface area contributed by atoms with Gasteiger partial charge in [-0.25, -0.2) is 13.1 Å². The number of aliphatic hydroxyl groups is 6. The molecule has 0 amide bonds. The van der Waals surface area contributed by atoms with Gasteiger partial charge in [-0.1, -0.05) is 25.3 Å². The van der Waals surface area contributed by atoms with Crippen molar-refractivity contribution in [1.82, 2.24) is 4.72 Å². The number of hydrogen-bond acceptors (Lipinski definition) is 21. The van der Waals surface area contributed by atoms with Crippen molar-refractivity contribution in [3.63, 3.8) is 0 Å². The Kier molecular flexibility index (Phi) is 25.1. The SMILES string of the molecule is CCOc1ccc(C=O)cc1.COc1ccc(CCC(=O)c2c(O)cc(OC3O[C@H](CO)C(O)[C@H](O)C3O[C@@H]3O[C@@H](C)[C@H](O)[C@@H](O)[C@H]3O)cc2O)cc1O.O=S(=O)([O-])NC1CCCCC1.[2H]N=C.[Na+]. The number of methoxy groups -OCH3 is 1. The molecule has 2 heterocycles. The Morgan fingerprint density at radius 3 is 2.04 bits per heavy atom. The van der Waals surface area contributed by atoms with E-state index >= 15 is 0 Å². The van der Waals surface area contributed by atoms with Crippen molar-refractivity contribution in [2.24, 2.45) is 0 Å². The summed E-state index contributed by atoms with van der Waals surface area (Å²) in [6.07, 6.45) is -9.93. The van der Waals surface area contributed by atoms with E-state index in [4.69, 9.17) is 29.8 Å². The molecule has 0 aromatic heterocycles. The second-order valence-corrected chi connectivity index (χ2v) is 16.5. The van der Waals surface area contributed by atoms with Crippen molar-refractivity contribution in [3.8, 4) is 34.5 Å². The van der Waals surface area contributed by atoms with Crippen molar-refractivity contribution in [2.75, 3.05) is 20.3 Å². The standard InChI is InChI=1S/C28H36O15.C9H10O2.C6H13NO3S.CH3N.Na/c1-11-21(34)23(36)25(38)27(40-11)43-26-24(37)22(35)19(10-29)42-28(26)41-13-8-16(32)20(17(33)9-13)14(30)5-3-12-4-6-18(39-2)15(31)7-12;1-2-11-9-5-3-8(7-10)4-6-9;8-11(9,10)7-6-4-2-1-3-5-6;1-2;/h4,6-9,11,19,21-29,31-38H,3,5,10H2,1-2H3;3-7H,2H2,1H3;6-7H,1-5H2,(H,8,9,10);2H,1H2;/q;;;;+1/p-1/t11-,19+,21-,22?,23+,24-,25+,26?,27-,28?;;;;/m0..../s1/i/hD. The number of ketones is 1. The molecule has 1 saturated carbocycles. The van der Waals surface area contributed by atoms with Crippen molar-refractivity contribution < 1.29 is 128 Å². The van der Waals surface area contributed by atoms with Crippen molar-refractivity contribution in [2.45, 2.75) is 126 Å². The quantitative estimate of drug-likeness (QED) is 0.0263. The van der Waals surface area contributed by atoms with E-state index in [1.165, 1.54) is 26.2 Å². The topological polar surface area (TPSA) is 365 Å². The molecule has 2 saturated heterocycles. The number of carbonyl (C=O) groups is 2. The molecule has 68 heavy (non-hydrogen) atoms. The number of aldehydes is 1. The minimum atomic E-state index is -4.22. The fourth-order valence-electron chi connectivity index (χ4n) is 7.16. The first-order valence-corrected chi connectivity index (χ1v) is 22.5. The summed E-state index contributed by atoms with van der Waals surface area (Å²) >= 11 is 0. The van der Waals surface area contributed by atoms with Crippen LogP contribution in [0.25, 0.3) is 0 Å². The molecule has 24 heteroatoms. The van der Waals surface area contributed by atoms with Crippen molar-refractivity contribution >= 4 is 29.1 Å². The van der Waals surface area contributed by atoms with E-state index in [2.05, 4.69) is 16.8 Å². The zero-order valence-corrected chi connectivity index (χ0v) is 40.9. The third-order valence-electron chi connectivity index (χ3n) is 10.7. The van der Waals surface area contributed by atoms with Crippen LogP contribution < -0.4 is 48.5 Å². The Morgan fingerprint density at radius 1 is 0.897 bits per heavy atom. The van der Waals surface area contributed by atoms with Crippen LogP contribution in [0.15, 0.2) is 54.6 Å². The summed E-state index contributed by atoms with van der Waals surface area (Å²) in [4.78, 5) is 23.1. The van der Waals surface area contributed by atoms with Crippen molar-refractivity contribution in [1.29, 1.82) is 5.40 Å². The molecule has 3 fully saturated rings. The zero-order valence-electron chi connectivity index (χ0n) is 39.1. The normalized spacial score (nSPS) is 25.9. The molecule has 0 bridgehead atoms. The second kappa shape index (κ2) is 29.2. The van der Waals surface area contributed by atoms with Gasteiger partial charge < -0.3 is 84.3 Å². The number of ether oxygens (including phenoxy) is 6. The van der Waals surface area contributed by atoms with Gasteiger partial charge >= 0.3 is 29.6 Å². The molecule has 11 N–H and O–H groups in total. The first-order valence-electron chi connectivity index (χ1n) is 21.6. The van der Waals surface area contributed by atoms with Gasteiger partial charge in [0.05, 0.1) is 26.4 Å². The third-order valence-corrected chi connectivity index (χ3v) is 11.3. The van der Waals surface area contributed by atoms with E-state index in [1.54, 1.807) is 30.3 Å². The van der Waals surface area contributed by atoms with Crippen LogP contribution in [0, 0.1) is 5.40 Å². The van der Waals surface area contributed by atoms with Gasteiger partial charge in [0, 0.05) is 30.2 Å². The van der Waals surface area contributed by atoms with Gasteiger partial charge in [0.1, 0.15) is 71.5 Å². The molecule has 2 aliphatic heterocycles. The third kappa shape index (κ3) is 17.7. The van der Waals surface area contributed by atoms with Crippen LogP contribution in [0.1, 0.15) is 78.7 Å². The van der Waals surface area contributed by atoms with E-state index in [9.17, 15) is 68.5 Å². The van der Waals surface area contributed by atoms with Gasteiger partial charge in [-0.15, -0.1) is 0 Å². The van der Waals surface area contributed by atoms with Crippen LogP contribution in [0.5, 0.6) is 34.5 Å². The van der Waals surface area contributed by atoms with E-state index in [0.717, 1.165) is 56.3 Å². The minimum Gasteiger partial charge on any atom is -0.735 e. The number of aromatic hydroxyl groups is 3. The Morgan fingerprint density at radius 2 is 1.51 bits per heavy atom. The Bertz CT molecular complexity index is 2130. The Labute approximate surface area is 417 Å². The van der Waals surface area contributed by atoms with Crippen LogP contribution in [0.3, 0.4) is 0 Å². The minimum absolute atomic E-state index is 0. The largest absolute Gasteiger partial charge is 1.00 e. The average molecular weight is 994 g/mol. The molecule has 22 nitrogen and oxygen atoms in total. The summed E-state index contributed by atoms with van der Waals surface area (Å²) < 4.78 is 70.9. The Balaban J connectivity index is 0.000000508. The van der Waals surface area contributed by atoms with Crippen LogP contribution in [-0.4, -0.2) is 165 Å². The molecular formula is C44H61N2NaO20S. The number of phenols is 3. The predicted octanol–water partition coefficient (Wildman–Crippen LogP) is -1.81. The number of rotatable bonds is 15. The van der Waals surface area contributed by atoms with Crippen LogP contribution >= 0.6 is 0 Å². The summed E-state index contributed by atoms with van der Waals surface area (Å²) in [7, 11) is -2.83. The van der Waals surface area contributed by atoms with E-state index in [1.807, 2.05) is 6.92 Å². The van der Waals surface area contributed by atoms with Gasteiger partial charge in [-0.3, -0.25) is 9.59 Å². The maximum absolute atomic E-state index is 12.9. The molecule has 0 spiro atoms. The molecular weight excluding hydrogens is 932 g/mol. The number of nitrogens with one attached hydrogen (secondary N) is 2. The van der Waals surface area contributed by atoms with Gasteiger partial charge in [0.2, 0.25) is 6.29 Å². The summed E-state index contributed by atoms with van der Waals surface area (Å²) in [6.45, 7) is 6.02. The molecule has 1 aliphatic carbocycles. The maximum atomic E-state index is 12.9. The smallest absolute Gasteiger partial charge is 0.735 e. The summed E-state index contributed by atoms with van der Waals surface area (Å²) in [5, 5.41) is 94.8. The summed E-state index contributed by atoms with van der Waals surface area (Å²) in [5.74, 6) is -1.23. The van der Waals surface area contributed by atoms with Crippen LogP contribution in [-0.2, 0) is 30.9 Å². The van der Waals surface area contributed by atoms with Gasteiger partial charge in [-0.05, 0) is 81.8 Å². The van der Waals surface area contributed by atoms with Crippen molar-refractivity contribution in [3.05, 3.63) is 71.3 Å². The number of carbonyl (C=O) groups excluding carboxylic acids is 2. The summed E-state index contributed by atoms with van der Waals surface area (Å²) in [5.41, 5.74) is 0.883. The molecule has 6 rings (SSSR count). The van der Waals surface area contributed by atoms with Crippen LogP contribution in [0.4, 0.5) is 0 Å². The fraction of sp³-hybridized carbons (Fsp3) is 0.523. The molecule has 374 valence electrons. The molecule has 3 aliphatic rings. The maximum Gasteiger partial charge on any atom is 1.00 e. The number of aryl methyl sites for hydroxylation is 1. The zero-order chi connectivity index (χ0) is 50.7. The summed E-state index contributed by atoms with van der Waals surface area (Å²) in [6, 6.07) is 13.5. The number of aliphatic hydroxyl groups excluding tert-OH is 6. The van der Waals surface area contributed by atoms with Gasteiger partial charge in [0.25, 0.3) is 0 Å².